The average molecular weight is 420 g/mol. The van der Waals surface area contributed by atoms with Crippen LogP contribution >= 0.6 is 0 Å². The van der Waals surface area contributed by atoms with Gasteiger partial charge < -0.3 is 10.4 Å². The van der Waals surface area contributed by atoms with Crippen molar-refractivity contribution in [1.82, 2.24) is 0 Å². The van der Waals surface area contributed by atoms with Crippen LogP contribution < -0.4 is 5.32 Å². The van der Waals surface area contributed by atoms with Gasteiger partial charge in [0.15, 0.2) is 0 Å². The van der Waals surface area contributed by atoms with Crippen LogP contribution in [0.15, 0.2) is 97.2 Å². The van der Waals surface area contributed by atoms with Crippen LogP contribution in [0.1, 0.15) is 58.3 Å². The summed E-state index contributed by atoms with van der Waals surface area (Å²) in [5.41, 5.74) is 0.700. The Kier molecular flexibility index (Phi) is 15.9. The van der Waals surface area contributed by atoms with E-state index in [2.05, 4.69) is 79.1 Å². The lowest BCUT2D eigenvalue weighted by Gasteiger charge is -2.03. The Morgan fingerprint density at radius 1 is 0.710 bits per heavy atom. The van der Waals surface area contributed by atoms with Gasteiger partial charge in [-0.05, 0) is 69.2 Å². The number of anilines is 1. The minimum absolute atomic E-state index is 0.0229. The molecular formula is C28H37NO2. The maximum atomic E-state index is 11.8. The van der Waals surface area contributed by atoms with Crippen molar-refractivity contribution in [2.75, 3.05) is 5.32 Å². The van der Waals surface area contributed by atoms with Gasteiger partial charge in [0.1, 0.15) is 5.75 Å². The van der Waals surface area contributed by atoms with E-state index in [1.54, 1.807) is 24.3 Å². The van der Waals surface area contributed by atoms with E-state index in [9.17, 15) is 9.90 Å². The Balaban J connectivity index is 2.00. The molecule has 0 saturated carbocycles. The number of aromatic hydroxyl groups is 1. The Hall–Kier alpha value is -3.07. The van der Waals surface area contributed by atoms with Gasteiger partial charge in [0, 0.05) is 12.1 Å². The zero-order valence-electron chi connectivity index (χ0n) is 18.7. The van der Waals surface area contributed by atoms with Crippen LogP contribution in [0.2, 0.25) is 0 Å². The van der Waals surface area contributed by atoms with Gasteiger partial charge in [-0.25, -0.2) is 0 Å². The molecule has 0 aliphatic rings. The summed E-state index contributed by atoms with van der Waals surface area (Å²) in [5.74, 6) is 0.168. The number of hydrogen-bond donors (Lipinski definition) is 2. The molecule has 0 saturated heterocycles. The third-order valence-corrected chi connectivity index (χ3v) is 4.29. The molecule has 0 bridgehead atoms. The number of amides is 1. The lowest BCUT2D eigenvalue weighted by atomic mass is 10.2. The van der Waals surface area contributed by atoms with Crippen molar-refractivity contribution in [3.8, 4) is 5.75 Å². The van der Waals surface area contributed by atoms with Crippen LogP contribution in [-0.4, -0.2) is 11.0 Å². The molecule has 0 spiro atoms. The standard InChI is InChI=1S/C28H37NO2/c1-2-3-4-5-6-7-8-9-10-11-12-13-14-15-16-17-18-19-20-21-28(31)29-26-22-24-27(30)25-23-26/h3-4,6-7,9-10,12-13,15-16,18-19,22-25,30H,2,5,8,11,14,17,20-21H2,1H3,(H,29,31)/b4-3-,7-6-,10-9-,13-12-,16-15-,19-18-. The van der Waals surface area contributed by atoms with E-state index in [0.717, 1.165) is 38.5 Å². The van der Waals surface area contributed by atoms with Crippen LogP contribution in [0.4, 0.5) is 5.69 Å². The number of rotatable bonds is 15. The van der Waals surface area contributed by atoms with Crippen molar-refractivity contribution in [2.24, 2.45) is 0 Å². The van der Waals surface area contributed by atoms with Gasteiger partial charge in [-0.15, -0.1) is 0 Å². The van der Waals surface area contributed by atoms with Crippen molar-refractivity contribution >= 4 is 11.6 Å². The summed E-state index contributed by atoms with van der Waals surface area (Å²) in [4.78, 5) is 11.8. The zero-order valence-corrected chi connectivity index (χ0v) is 18.7. The highest BCUT2D eigenvalue weighted by atomic mass is 16.3. The Bertz CT molecular complexity index is 765. The first-order chi connectivity index (χ1) is 15.2. The number of carbonyl (C=O) groups excluding carboxylic acids is 1. The minimum atomic E-state index is -0.0229. The van der Waals surface area contributed by atoms with Crippen LogP contribution in [0.25, 0.3) is 0 Å². The molecule has 0 aliphatic heterocycles. The molecule has 0 heterocycles. The fourth-order valence-electron chi connectivity index (χ4n) is 2.62. The molecule has 31 heavy (non-hydrogen) atoms. The Morgan fingerprint density at radius 2 is 1.13 bits per heavy atom. The van der Waals surface area contributed by atoms with E-state index in [0.29, 0.717) is 18.5 Å². The van der Waals surface area contributed by atoms with Crippen LogP contribution in [0.3, 0.4) is 0 Å². The minimum Gasteiger partial charge on any atom is -0.508 e. The number of benzene rings is 1. The zero-order chi connectivity index (χ0) is 22.4. The number of carbonyl (C=O) groups is 1. The molecule has 0 unspecified atom stereocenters. The van der Waals surface area contributed by atoms with Crippen LogP contribution in [-0.2, 0) is 4.79 Å². The molecule has 2 N–H and O–H groups in total. The first-order valence-corrected chi connectivity index (χ1v) is 11.2. The molecule has 0 aliphatic carbocycles. The molecule has 3 heteroatoms. The maximum Gasteiger partial charge on any atom is 0.224 e. The van der Waals surface area contributed by atoms with E-state index in [4.69, 9.17) is 0 Å². The second-order valence-electron chi connectivity index (χ2n) is 7.05. The van der Waals surface area contributed by atoms with E-state index >= 15 is 0 Å². The number of phenolic OH excluding ortho intramolecular Hbond substituents is 1. The van der Waals surface area contributed by atoms with E-state index < -0.39 is 0 Å². The van der Waals surface area contributed by atoms with Crippen molar-refractivity contribution in [3.63, 3.8) is 0 Å². The van der Waals surface area contributed by atoms with E-state index in [-0.39, 0.29) is 11.7 Å². The molecule has 1 aromatic rings. The van der Waals surface area contributed by atoms with Crippen LogP contribution in [0, 0.1) is 0 Å². The number of phenols is 1. The topological polar surface area (TPSA) is 49.3 Å². The fraction of sp³-hybridized carbons (Fsp3) is 0.321. The van der Waals surface area contributed by atoms with Crippen molar-refractivity contribution in [1.29, 1.82) is 0 Å². The summed E-state index contributed by atoms with van der Waals surface area (Å²) in [5, 5.41) is 12.0. The fourth-order valence-corrected chi connectivity index (χ4v) is 2.62. The van der Waals surface area contributed by atoms with Crippen LogP contribution in [0.5, 0.6) is 5.75 Å². The van der Waals surface area contributed by atoms with Gasteiger partial charge in [0.05, 0.1) is 0 Å². The molecule has 1 aromatic carbocycles. The normalized spacial score (nSPS) is 12.5. The second-order valence-corrected chi connectivity index (χ2v) is 7.05. The monoisotopic (exact) mass is 419 g/mol. The van der Waals surface area contributed by atoms with E-state index in [1.807, 2.05) is 6.08 Å². The molecule has 166 valence electrons. The van der Waals surface area contributed by atoms with Gasteiger partial charge >= 0.3 is 0 Å². The maximum absolute atomic E-state index is 11.8. The highest BCUT2D eigenvalue weighted by Crippen LogP contribution is 2.14. The van der Waals surface area contributed by atoms with Gasteiger partial charge in [-0.1, -0.05) is 79.8 Å². The summed E-state index contributed by atoms with van der Waals surface area (Å²) in [6.07, 6.45) is 33.1. The second kappa shape index (κ2) is 18.9. The summed E-state index contributed by atoms with van der Waals surface area (Å²) < 4.78 is 0. The summed E-state index contributed by atoms with van der Waals surface area (Å²) in [6, 6.07) is 6.48. The first-order valence-electron chi connectivity index (χ1n) is 11.2. The highest BCUT2D eigenvalue weighted by Gasteiger charge is 2.00. The molecule has 0 atom stereocenters. The van der Waals surface area contributed by atoms with Crippen molar-refractivity contribution in [2.45, 2.75) is 58.3 Å². The molecule has 3 nitrogen and oxygen atoms in total. The third-order valence-electron chi connectivity index (χ3n) is 4.29. The highest BCUT2D eigenvalue weighted by molar-refractivity contribution is 5.90. The molecular weight excluding hydrogens is 382 g/mol. The summed E-state index contributed by atoms with van der Waals surface area (Å²) in [6.45, 7) is 2.15. The molecule has 0 fully saturated rings. The molecule has 1 amide bonds. The van der Waals surface area contributed by atoms with Gasteiger partial charge in [0.2, 0.25) is 5.91 Å². The SMILES string of the molecule is CC/C=C\C/C=C\C/C=C\C/C=C\C/C=C\C/C=C\CCC(=O)Nc1ccc(O)cc1. The summed E-state index contributed by atoms with van der Waals surface area (Å²) >= 11 is 0. The third kappa shape index (κ3) is 16.4. The molecule has 0 aromatic heterocycles. The Morgan fingerprint density at radius 3 is 1.58 bits per heavy atom. The number of nitrogens with one attached hydrogen (secondary N) is 1. The summed E-state index contributed by atoms with van der Waals surface area (Å²) in [7, 11) is 0. The predicted octanol–water partition coefficient (Wildman–Crippen LogP) is 7.81. The average Bonchev–Trinajstić information content (AvgIpc) is 2.77. The smallest absolute Gasteiger partial charge is 0.224 e. The predicted molar refractivity (Wildman–Crippen MR) is 134 cm³/mol. The number of hydrogen-bond acceptors (Lipinski definition) is 2. The lowest BCUT2D eigenvalue weighted by Crippen LogP contribution is -2.10. The molecule has 1 rings (SSSR count). The largest absolute Gasteiger partial charge is 0.508 e. The van der Waals surface area contributed by atoms with Gasteiger partial charge in [0.25, 0.3) is 0 Å². The Labute approximate surface area is 188 Å². The quantitative estimate of drug-likeness (QED) is 0.225. The van der Waals surface area contributed by atoms with E-state index in [1.165, 1.54) is 0 Å². The van der Waals surface area contributed by atoms with Gasteiger partial charge in [-0.3, -0.25) is 4.79 Å². The number of allylic oxidation sites excluding steroid dienone is 12. The lowest BCUT2D eigenvalue weighted by molar-refractivity contribution is -0.116. The van der Waals surface area contributed by atoms with Crippen molar-refractivity contribution < 1.29 is 9.90 Å². The molecule has 0 radical (unpaired) electrons. The first kappa shape index (κ1) is 26.0. The van der Waals surface area contributed by atoms with Crippen molar-refractivity contribution in [3.05, 3.63) is 97.2 Å². The van der Waals surface area contributed by atoms with Gasteiger partial charge in [-0.2, -0.15) is 0 Å².